The molecule has 336 valence electrons. The van der Waals surface area contributed by atoms with E-state index in [1.807, 2.05) is 51.2 Å². The first kappa shape index (κ1) is 47.4. The van der Waals surface area contributed by atoms with Crippen molar-refractivity contribution in [1.82, 2.24) is 0 Å². The smallest absolute Gasteiger partial charge is 0.319 e. The second-order valence-electron chi connectivity index (χ2n) is 19.2. The summed E-state index contributed by atoms with van der Waals surface area (Å²) in [5.74, 6) is -1.82. The number of carbonyl (C=O) groups excluding carboxylic acids is 2. The monoisotopic (exact) mass is 855 g/mol. The number of ether oxygens (including phenoxy) is 1. The molecule has 1 N–H and O–H groups in total. The summed E-state index contributed by atoms with van der Waals surface area (Å²) >= 11 is 0. The van der Waals surface area contributed by atoms with E-state index in [-0.39, 0.29) is 30.8 Å². The molecule has 9 heteroatoms. The molecule has 5 aliphatic heterocycles. The lowest BCUT2D eigenvalue weighted by atomic mass is 9.83. The lowest BCUT2D eigenvalue weighted by molar-refractivity contribution is -0.144. The zero-order valence-corrected chi connectivity index (χ0v) is 39.6. The third-order valence-corrected chi connectivity index (χ3v) is 14.0. The van der Waals surface area contributed by atoms with Gasteiger partial charge in [0.25, 0.3) is 0 Å². The molecule has 0 radical (unpaired) electrons. The van der Waals surface area contributed by atoms with Crippen molar-refractivity contribution in [3.63, 3.8) is 0 Å². The van der Waals surface area contributed by atoms with E-state index in [4.69, 9.17) is 24.7 Å². The Hall–Kier alpha value is -5.05. The third-order valence-electron chi connectivity index (χ3n) is 14.0. The second kappa shape index (κ2) is 20.6. The van der Waals surface area contributed by atoms with Gasteiger partial charge in [-0.25, -0.2) is 15.0 Å². The molecule has 0 aromatic carbocycles. The Balaban J connectivity index is 1.19. The fourth-order valence-corrected chi connectivity index (χ4v) is 9.97. The maximum atomic E-state index is 14.1. The summed E-state index contributed by atoms with van der Waals surface area (Å²) in [5.41, 5.74) is 11.5. The SMILES string of the molecule is C=CC1=C(C)C2=CC3=NC(=C4C5=NC(=CC6=NC(=CC1=N2)C(C)=C6CC)C(C)=C5C(=O)C4C(=O)O)C(CCC(=O)OCC=C(C)CCCC(C)CCCC(C)CCCC(C)C)C3C. The van der Waals surface area contributed by atoms with Crippen LogP contribution in [0, 0.1) is 35.5 Å². The largest absolute Gasteiger partial charge is 0.480 e. The van der Waals surface area contributed by atoms with Crippen LogP contribution >= 0.6 is 0 Å². The van der Waals surface area contributed by atoms with Crippen LogP contribution in [0.5, 0.6) is 0 Å². The molecule has 0 aromatic heterocycles. The fourth-order valence-electron chi connectivity index (χ4n) is 9.97. The zero-order chi connectivity index (χ0) is 45.7. The quantitative estimate of drug-likeness (QED) is 0.0740. The van der Waals surface area contributed by atoms with Gasteiger partial charge < -0.3 is 9.84 Å². The minimum Gasteiger partial charge on any atom is -0.480 e. The Morgan fingerprint density at radius 2 is 1.44 bits per heavy atom. The Morgan fingerprint density at radius 1 is 0.825 bits per heavy atom. The van der Waals surface area contributed by atoms with E-state index in [1.54, 1.807) is 0 Å². The Labute approximate surface area is 376 Å². The lowest BCUT2D eigenvalue weighted by Gasteiger charge is -2.19. The minimum atomic E-state index is -1.46. The van der Waals surface area contributed by atoms with Crippen LogP contribution in [0.3, 0.4) is 0 Å². The molecule has 1 aliphatic carbocycles. The Kier molecular flexibility index (Phi) is 15.5. The number of ketones is 1. The average molecular weight is 855 g/mol. The van der Waals surface area contributed by atoms with Crippen molar-refractivity contribution in [2.24, 2.45) is 55.5 Å². The molecule has 6 rings (SSSR count). The standard InChI is InChI=1S/C54H70N4O5/c1-12-38-34(8)41-27-43-36(10)40(23-24-47(59)63-26-25-33(7)22-16-21-32(6)20-15-19-31(5)18-14-17-30(3)4)51(57-43)49-50(54(61)62)53(60)48-37(11)44(58-52(48)49)29-46-39(13-2)35(9)42(56-46)28-45(38)55-41/h12,25,27-32,36,40,50H,1,13-24,26H2,2-11H3,(H,61,62). The third kappa shape index (κ3) is 10.5. The van der Waals surface area contributed by atoms with Crippen molar-refractivity contribution in [3.8, 4) is 0 Å². The van der Waals surface area contributed by atoms with Gasteiger partial charge in [0.05, 0.1) is 39.9 Å². The van der Waals surface area contributed by atoms with E-state index in [1.165, 1.54) is 50.5 Å². The van der Waals surface area contributed by atoms with Crippen LogP contribution in [-0.4, -0.2) is 52.3 Å². The summed E-state index contributed by atoms with van der Waals surface area (Å²) in [6.45, 7) is 25.8. The fraction of sp³-hybridized carbons (Fsp3) is 0.537. The number of esters is 1. The van der Waals surface area contributed by atoms with Crippen molar-refractivity contribution in [1.29, 1.82) is 0 Å². The van der Waals surface area contributed by atoms with E-state index in [0.29, 0.717) is 51.9 Å². The van der Waals surface area contributed by atoms with Gasteiger partial charge in [0.2, 0.25) is 0 Å². The van der Waals surface area contributed by atoms with E-state index in [0.717, 1.165) is 76.2 Å². The van der Waals surface area contributed by atoms with Crippen LogP contribution < -0.4 is 0 Å². The number of carboxylic acids is 1. The number of allylic oxidation sites excluding steroid dienone is 12. The van der Waals surface area contributed by atoms with Crippen molar-refractivity contribution in [2.75, 3.05) is 6.61 Å². The van der Waals surface area contributed by atoms with Crippen molar-refractivity contribution < 1.29 is 24.2 Å². The number of carbonyl (C=O) groups is 3. The van der Waals surface area contributed by atoms with Crippen LogP contribution in [-0.2, 0) is 19.1 Å². The molecule has 1 fully saturated rings. The van der Waals surface area contributed by atoms with Gasteiger partial charge >= 0.3 is 11.9 Å². The number of hydrogen-bond acceptors (Lipinski definition) is 8. The van der Waals surface area contributed by atoms with Gasteiger partial charge in [-0.15, -0.1) is 0 Å². The molecule has 9 nitrogen and oxygen atoms in total. The molecule has 0 amide bonds. The van der Waals surface area contributed by atoms with E-state index in [9.17, 15) is 19.5 Å². The van der Waals surface area contributed by atoms with Gasteiger partial charge in [-0.3, -0.25) is 19.4 Å². The number of rotatable bonds is 20. The second-order valence-corrected chi connectivity index (χ2v) is 19.2. The first-order valence-corrected chi connectivity index (χ1v) is 23.6. The highest BCUT2D eigenvalue weighted by molar-refractivity contribution is 6.42. The maximum Gasteiger partial charge on any atom is 0.319 e. The van der Waals surface area contributed by atoms with Crippen molar-refractivity contribution in [3.05, 3.63) is 104 Å². The van der Waals surface area contributed by atoms with Gasteiger partial charge in [-0.1, -0.05) is 105 Å². The van der Waals surface area contributed by atoms with Crippen molar-refractivity contribution >= 4 is 40.6 Å². The highest BCUT2D eigenvalue weighted by atomic mass is 16.5. The normalized spacial score (nSPS) is 23.0. The summed E-state index contributed by atoms with van der Waals surface area (Å²) in [6.07, 6.45) is 22.1. The van der Waals surface area contributed by atoms with Gasteiger partial charge in [-0.2, -0.15) is 0 Å². The number of aliphatic carboxylic acids is 1. The zero-order valence-electron chi connectivity index (χ0n) is 39.6. The predicted octanol–water partition coefficient (Wildman–Crippen LogP) is 12.5. The van der Waals surface area contributed by atoms with Gasteiger partial charge in [0.1, 0.15) is 12.5 Å². The summed E-state index contributed by atoms with van der Waals surface area (Å²) in [5, 5.41) is 10.6. The van der Waals surface area contributed by atoms with E-state index in [2.05, 4.69) is 55.0 Å². The molecule has 0 aromatic rings. The van der Waals surface area contributed by atoms with Crippen LogP contribution in [0.25, 0.3) is 0 Å². The minimum absolute atomic E-state index is 0.109. The summed E-state index contributed by atoms with van der Waals surface area (Å²) in [4.78, 5) is 60.7. The summed E-state index contributed by atoms with van der Waals surface area (Å²) in [7, 11) is 0. The first-order valence-electron chi connectivity index (χ1n) is 23.6. The molecule has 5 unspecified atom stereocenters. The molecular formula is C54H70N4O5. The molecule has 1 saturated carbocycles. The molecule has 5 heterocycles. The Morgan fingerprint density at radius 3 is 2.10 bits per heavy atom. The van der Waals surface area contributed by atoms with Gasteiger partial charge in [0, 0.05) is 40.7 Å². The molecule has 5 atom stereocenters. The highest BCUT2D eigenvalue weighted by Gasteiger charge is 2.51. The van der Waals surface area contributed by atoms with Gasteiger partial charge in [-0.05, 0) is 118 Å². The number of Topliss-reactive ketones (excluding diaryl/α,β-unsaturated/α-hetero) is 1. The van der Waals surface area contributed by atoms with E-state index < -0.39 is 17.7 Å². The Bertz CT molecular complexity index is 2310. The average Bonchev–Trinajstić information content (AvgIpc) is 3.97. The number of carboxylic acid groups (broad SMARTS) is 1. The molecule has 0 spiro atoms. The number of aliphatic imine (C=N–C) groups is 4. The number of nitrogens with zero attached hydrogens (tertiary/aromatic N) is 4. The first-order chi connectivity index (χ1) is 30.0. The number of hydrogen-bond donors (Lipinski definition) is 1. The topological polar surface area (TPSA) is 130 Å². The lowest BCUT2D eigenvalue weighted by Crippen LogP contribution is -2.23. The van der Waals surface area contributed by atoms with Crippen molar-refractivity contribution in [2.45, 2.75) is 146 Å². The predicted molar refractivity (Wildman–Crippen MR) is 257 cm³/mol. The molecular weight excluding hydrogens is 785 g/mol. The number of fused-ring (bicyclic) bond motifs is 4. The van der Waals surface area contributed by atoms with Crippen LogP contribution in [0.1, 0.15) is 146 Å². The summed E-state index contributed by atoms with van der Waals surface area (Å²) < 4.78 is 5.74. The molecule has 0 saturated heterocycles. The van der Waals surface area contributed by atoms with Gasteiger partial charge in [0.15, 0.2) is 5.78 Å². The summed E-state index contributed by atoms with van der Waals surface area (Å²) in [6, 6.07) is 0. The van der Waals surface area contributed by atoms with E-state index >= 15 is 0 Å². The van der Waals surface area contributed by atoms with Crippen LogP contribution in [0.2, 0.25) is 0 Å². The molecule has 6 aliphatic rings. The van der Waals surface area contributed by atoms with Crippen LogP contribution in [0.4, 0.5) is 0 Å². The van der Waals surface area contributed by atoms with Crippen LogP contribution in [0.15, 0.2) is 124 Å². The molecule has 63 heavy (non-hydrogen) atoms. The molecule has 8 bridgehead atoms. The highest BCUT2D eigenvalue weighted by Crippen LogP contribution is 2.47. The maximum absolute atomic E-state index is 14.1.